The fourth-order valence-corrected chi connectivity index (χ4v) is 2.41. The van der Waals surface area contributed by atoms with Crippen LogP contribution in [-0.2, 0) is 4.79 Å². The minimum absolute atomic E-state index is 0. The molecule has 0 aromatic carbocycles. The smallest absolute Gasteiger partial charge is 0.242 e. The van der Waals surface area contributed by atoms with Gasteiger partial charge in [-0.25, -0.2) is 0 Å². The molecule has 0 aromatic heterocycles. The summed E-state index contributed by atoms with van der Waals surface area (Å²) in [6.07, 6.45) is 5.12. The lowest BCUT2D eigenvalue weighted by molar-refractivity contribution is -0.137. The molecule has 3 nitrogen and oxygen atoms in total. The number of nitrogens with zero attached hydrogens (tertiary/aromatic N) is 1. The molecule has 1 amide bonds. The van der Waals surface area contributed by atoms with Crippen molar-refractivity contribution < 1.29 is 4.79 Å². The standard InChI is InChI=1S/C12H24N2O.ClH/c1-10(2)9-14(3)11(15)12(13)7-5-4-6-8-12;/h10H,4-9,13H2,1-3H3;1H. The van der Waals surface area contributed by atoms with Crippen LogP contribution in [0.4, 0.5) is 0 Å². The average molecular weight is 249 g/mol. The number of hydrogen-bond donors (Lipinski definition) is 1. The Morgan fingerprint density at radius 1 is 1.31 bits per heavy atom. The maximum Gasteiger partial charge on any atom is 0.242 e. The van der Waals surface area contributed by atoms with Gasteiger partial charge in [0.05, 0.1) is 5.54 Å². The van der Waals surface area contributed by atoms with Crippen molar-refractivity contribution >= 4 is 18.3 Å². The first-order valence-electron chi connectivity index (χ1n) is 6.00. The zero-order valence-corrected chi connectivity index (χ0v) is 11.5. The average Bonchev–Trinajstić information content (AvgIpc) is 2.16. The third-order valence-corrected chi connectivity index (χ3v) is 3.16. The van der Waals surface area contributed by atoms with Crippen molar-refractivity contribution in [3.8, 4) is 0 Å². The molecule has 0 radical (unpaired) electrons. The highest BCUT2D eigenvalue weighted by Gasteiger charge is 2.37. The maximum atomic E-state index is 12.2. The van der Waals surface area contributed by atoms with Crippen molar-refractivity contribution in [2.45, 2.75) is 51.5 Å². The number of hydrogen-bond acceptors (Lipinski definition) is 2. The lowest BCUT2D eigenvalue weighted by Gasteiger charge is -2.35. The predicted molar refractivity (Wildman–Crippen MR) is 69.7 cm³/mol. The molecule has 0 spiro atoms. The van der Waals surface area contributed by atoms with Gasteiger partial charge in [-0.15, -0.1) is 12.4 Å². The summed E-state index contributed by atoms with van der Waals surface area (Å²) in [6, 6.07) is 0. The Morgan fingerprint density at radius 3 is 2.25 bits per heavy atom. The highest BCUT2D eigenvalue weighted by Crippen LogP contribution is 2.27. The largest absolute Gasteiger partial charge is 0.344 e. The monoisotopic (exact) mass is 248 g/mol. The van der Waals surface area contributed by atoms with Crippen molar-refractivity contribution in [2.75, 3.05) is 13.6 Å². The van der Waals surface area contributed by atoms with Crippen molar-refractivity contribution in [2.24, 2.45) is 11.7 Å². The van der Waals surface area contributed by atoms with Gasteiger partial charge < -0.3 is 10.6 Å². The number of nitrogens with two attached hydrogens (primary N) is 1. The number of amides is 1. The third kappa shape index (κ3) is 3.95. The van der Waals surface area contributed by atoms with E-state index in [0.717, 1.165) is 32.2 Å². The Balaban J connectivity index is 0.00000225. The minimum Gasteiger partial charge on any atom is -0.344 e. The van der Waals surface area contributed by atoms with Crippen molar-refractivity contribution in [3.05, 3.63) is 0 Å². The summed E-state index contributed by atoms with van der Waals surface area (Å²) >= 11 is 0. The van der Waals surface area contributed by atoms with E-state index >= 15 is 0 Å². The Bertz CT molecular complexity index is 225. The van der Waals surface area contributed by atoms with Crippen molar-refractivity contribution in [1.82, 2.24) is 4.90 Å². The van der Waals surface area contributed by atoms with Crippen LogP contribution in [0.15, 0.2) is 0 Å². The van der Waals surface area contributed by atoms with E-state index in [1.807, 2.05) is 7.05 Å². The van der Waals surface area contributed by atoms with Gasteiger partial charge in [-0.1, -0.05) is 33.1 Å². The second-order valence-corrected chi connectivity index (χ2v) is 5.30. The van der Waals surface area contributed by atoms with Gasteiger partial charge in [0.2, 0.25) is 5.91 Å². The second kappa shape index (κ2) is 6.45. The third-order valence-electron chi connectivity index (χ3n) is 3.16. The Kier molecular flexibility index (Phi) is 6.34. The lowest BCUT2D eigenvalue weighted by Crippen LogP contribution is -2.55. The number of likely N-dealkylation sites (N-methyl/N-ethyl adjacent to an activating group) is 1. The highest BCUT2D eigenvalue weighted by molar-refractivity contribution is 5.86. The number of carbonyl (C=O) groups is 1. The molecule has 0 bridgehead atoms. The molecule has 1 rings (SSSR count). The second-order valence-electron chi connectivity index (χ2n) is 5.30. The fraction of sp³-hybridized carbons (Fsp3) is 0.917. The van der Waals surface area contributed by atoms with E-state index in [4.69, 9.17) is 5.73 Å². The normalized spacial score (nSPS) is 19.1. The van der Waals surface area contributed by atoms with Crippen LogP contribution in [0.25, 0.3) is 0 Å². The van der Waals surface area contributed by atoms with Crippen molar-refractivity contribution in [3.63, 3.8) is 0 Å². The van der Waals surface area contributed by atoms with Crippen molar-refractivity contribution in [1.29, 1.82) is 0 Å². The molecular weight excluding hydrogens is 224 g/mol. The summed E-state index contributed by atoms with van der Waals surface area (Å²) in [5, 5.41) is 0. The summed E-state index contributed by atoms with van der Waals surface area (Å²) in [5.74, 6) is 0.641. The predicted octanol–water partition coefficient (Wildman–Crippen LogP) is 2.18. The molecule has 0 atom stereocenters. The van der Waals surface area contributed by atoms with Crippen LogP contribution in [0, 0.1) is 5.92 Å². The maximum absolute atomic E-state index is 12.2. The van der Waals surface area contributed by atoms with E-state index in [-0.39, 0.29) is 18.3 Å². The van der Waals surface area contributed by atoms with Gasteiger partial charge in [-0.3, -0.25) is 4.79 Å². The molecule has 0 saturated heterocycles. The summed E-state index contributed by atoms with van der Waals surface area (Å²) in [4.78, 5) is 14.0. The van der Waals surface area contributed by atoms with Gasteiger partial charge in [-0.2, -0.15) is 0 Å². The molecule has 1 aliphatic rings. The van der Waals surface area contributed by atoms with Gasteiger partial charge in [0.1, 0.15) is 0 Å². The van der Waals surface area contributed by atoms with Gasteiger partial charge in [-0.05, 0) is 18.8 Å². The number of rotatable bonds is 3. The summed E-state index contributed by atoms with van der Waals surface area (Å²) in [5.41, 5.74) is 5.62. The van der Waals surface area contributed by atoms with Gasteiger partial charge >= 0.3 is 0 Å². The fourth-order valence-electron chi connectivity index (χ4n) is 2.41. The van der Waals surface area contributed by atoms with E-state index < -0.39 is 5.54 Å². The molecule has 2 N–H and O–H groups in total. The molecule has 1 aliphatic carbocycles. The minimum atomic E-state index is -0.568. The SMILES string of the molecule is CC(C)CN(C)C(=O)C1(N)CCCCC1.Cl. The zero-order chi connectivity index (χ0) is 11.5. The molecule has 0 heterocycles. The summed E-state index contributed by atoms with van der Waals surface area (Å²) < 4.78 is 0. The first kappa shape index (κ1) is 15.7. The Morgan fingerprint density at radius 2 is 1.81 bits per heavy atom. The number of halogens is 1. The van der Waals surface area contributed by atoms with Gasteiger partial charge in [0.15, 0.2) is 0 Å². The van der Waals surface area contributed by atoms with E-state index in [0.29, 0.717) is 5.92 Å². The quantitative estimate of drug-likeness (QED) is 0.832. The molecule has 0 aliphatic heterocycles. The first-order chi connectivity index (χ1) is 6.96. The molecule has 96 valence electrons. The first-order valence-corrected chi connectivity index (χ1v) is 6.00. The van der Waals surface area contributed by atoms with E-state index in [2.05, 4.69) is 13.8 Å². The summed E-state index contributed by atoms with van der Waals surface area (Å²) in [6.45, 7) is 5.04. The molecule has 0 unspecified atom stereocenters. The number of carbonyl (C=O) groups excluding carboxylic acids is 1. The molecule has 1 saturated carbocycles. The van der Waals surface area contributed by atoms with E-state index in [1.165, 1.54) is 6.42 Å². The Labute approximate surface area is 105 Å². The van der Waals surface area contributed by atoms with Crippen LogP contribution in [0.1, 0.15) is 46.0 Å². The topological polar surface area (TPSA) is 46.3 Å². The highest BCUT2D eigenvalue weighted by atomic mass is 35.5. The van der Waals surface area contributed by atoms with Crippen LogP contribution >= 0.6 is 12.4 Å². The van der Waals surface area contributed by atoms with Crippen LogP contribution in [0.5, 0.6) is 0 Å². The molecule has 4 heteroatoms. The van der Waals surface area contributed by atoms with Crippen LogP contribution in [-0.4, -0.2) is 29.9 Å². The molecule has 0 aromatic rings. The van der Waals surface area contributed by atoms with Crippen LogP contribution in [0.3, 0.4) is 0 Å². The van der Waals surface area contributed by atoms with E-state index in [1.54, 1.807) is 4.90 Å². The van der Waals surface area contributed by atoms with Crippen LogP contribution < -0.4 is 5.73 Å². The van der Waals surface area contributed by atoms with Gasteiger partial charge in [0, 0.05) is 13.6 Å². The van der Waals surface area contributed by atoms with Crippen LogP contribution in [0.2, 0.25) is 0 Å². The molecular formula is C12H25ClN2O. The van der Waals surface area contributed by atoms with Gasteiger partial charge in [0.25, 0.3) is 0 Å². The zero-order valence-electron chi connectivity index (χ0n) is 10.7. The molecule has 16 heavy (non-hydrogen) atoms. The Hall–Kier alpha value is -0.280. The summed E-state index contributed by atoms with van der Waals surface area (Å²) in [7, 11) is 1.87. The van der Waals surface area contributed by atoms with E-state index in [9.17, 15) is 4.79 Å². The lowest BCUT2D eigenvalue weighted by atomic mass is 9.81. The molecule has 1 fully saturated rings.